The van der Waals surface area contributed by atoms with Crippen molar-refractivity contribution in [2.45, 2.75) is 23.1 Å². The number of amides is 1. The number of carbonyl (C=O) groups excluding carboxylic acids is 3. The number of ether oxygens (including phenoxy) is 1. The summed E-state index contributed by atoms with van der Waals surface area (Å²) in [4.78, 5) is 40.2. The number of halogens is 1. The van der Waals surface area contributed by atoms with E-state index in [0.717, 1.165) is 33.7 Å². The van der Waals surface area contributed by atoms with Crippen LogP contribution in [0.3, 0.4) is 0 Å². The lowest BCUT2D eigenvalue weighted by atomic mass is 9.94. The summed E-state index contributed by atoms with van der Waals surface area (Å²) in [6.45, 7) is 1.58. The van der Waals surface area contributed by atoms with Crippen LogP contribution >= 0.6 is 23.1 Å². The van der Waals surface area contributed by atoms with E-state index in [-0.39, 0.29) is 21.8 Å². The average Bonchev–Trinajstić information content (AvgIpc) is 3.62. The summed E-state index contributed by atoms with van der Waals surface area (Å²) in [7, 11) is 1.26. The van der Waals surface area contributed by atoms with Crippen LogP contribution in [0.15, 0.2) is 94.8 Å². The Morgan fingerprint density at radius 3 is 2.48 bits per heavy atom. The Balaban J connectivity index is 1.39. The van der Waals surface area contributed by atoms with Crippen molar-refractivity contribution in [1.82, 2.24) is 10.2 Å². The highest BCUT2D eigenvalue weighted by Gasteiger charge is 2.48. The normalized spacial score (nSPS) is 16.1. The Morgan fingerprint density at radius 2 is 1.73 bits per heavy atom. The van der Waals surface area contributed by atoms with Crippen molar-refractivity contribution in [3.63, 3.8) is 0 Å². The third kappa shape index (κ3) is 5.36. The zero-order valence-corrected chi connectivity index (χ0v) is 25.1. The van der Waals surface area contributed by atoms with Crippen molar-refractivity contribution in [1.29, 1.82) is 0 Å². The zero-order chi connectivity index (χ0) is 31.0. The maximum absolute atomic E-state index is 14.4. The van der Waals surface area contributed by atoms with Crippen LogP contribution in [0.1, 0.15) is 38.7 Å². The molecule has 0 radical (unpaired) electrons. The number of aryl methyl sites for hydroxylation is 1. The highest BCUT2D eigenvalue weighted by atomic mass is 32.2. The predicted molar refractivity (Wildman–Crippen MR) is 167 cm³/mol. The second kappa shape index (κ2) is 12.0. The molecule has 1 N–H and O–H groups in total. The molecule has 0 bridgehead atoms. The first-order valence-corrected chi connectivity index (χ1v) is 15.3. The molecule has 1 unspecified atom stereocenters. The summed E-state index contributed by atoms with van der Waals surface area (Å²) in [6.07, 6.45) is 0. The van der Waals surface area contributed by atoms with E-state index in [9.17, 15) is 23.9 Å². The summed E-state index contributed by atoms with van der Waals surface area (Å²) in [5, 5.41) is 22.2. The molecular weight excluding hydrogens is 602 g/mol. The minimum atomic E-state index is -1.12. The molecular formula is C33H24FN3O5S2. The number of benzene rings is 4. The number of ketones is 1. The topological polar surface area (TPSA) is 110 Å². The molecule has 8 nitrogen and oxygen atoms in total. The van der Waals surface area contributed by atoms with E-state index in [4.69, 9.17) is 4.74 Å². The number of rotatable bonds is 7. The number of aromatic nitrogens is 2. The summed E-state index contributed by atoms with van der Waals surface area (Å²) >= 11 is 2.59. The molecule has 1 fully saturated rings. The van der Waals surface area contributed by atoms with Gasteiger partial charge in [-0.1, -0.05) is 89.8 Å². The van der Waals surface area contributed by atoms with Crippen molar-refractivity contribution in [2.75, 3.05) is 12.0 Å². The van der Waals surface area contributed by atoms with Gasteiger partial charge >= 0.3 is 11.9 Å². The quantitative estimate of drug-likeness (QED) is 0.0523. The molecule has 1 aliphatic rings. The predicted octanol–water partition coefficient (Wildman–Crippen LogP) is 6.84. The number of Topliss-reactive ketones (excluding diaryl/α,β-unsaturated/α-hetero) is 1. The largest absolute Gasteiger partial charge is 0.507 e. The molecule has 44 heavy (non-hydrogen) atoms. The molecule has 0 aliphatic carbocycles. The summed E-state index contributed by atoms with van der Waals surface area (Å²) in [5.74, 6) is -2.92. The number of anilines is 1. The highest BCUT2D eigenvalue weighted by Crippen LogP contribution is 2.44. The summed E-state index contributed by atoms with van der Waals surface area (Å²) in [6, 6.07) is 23.2. The molecule has 0 spiro atoms. The standard InChI is InChI=1S/C33H24FN3O5S2/c1-18-10-11-22(16-25(18)34)28(38)26-27(20-12-14-21(15-13-20)31(41)42-2)37(30(40)29(26)39)32-35-36-33(44-32)43-17-23-8-5-7-19-6-3-4-9-24(19)23/h3-16,27,38H,17H2,1-2H3/b28-26+. The average molecular weight is 626 g/mol. The lowest BCUT2D eigenvalue weighted by Gasteiger charge is -2.22. The Bertz CT molecular complexity index is 1970. The molecule has 1 saturated heterocycles. The first-order valence-electron chi connectivity index (χ1n) is 13.5. The molecule has 11 heteroatoms. The van der Waals surface area contributed by atoms with Gasteiger partial charge < -0.3 is 9.84 Å². The molecule has 6 rings (SSSR count). The fraction of sp³-hybridized carbons (Fsp3) is 0.121. The fourth-order valence-electron chi connectivity index (χ4n) is 5.08. The number of aliphatic hydroxyl groups excluding tert-OH is 1. The van der Waals surface area contributed by atoms with E-state index < -0.39 is 35.3 Å². The van der Waals surface area contributed by atoms with Gasteiger partial charge in [-0.3, -0.25) is 14.5 Å². The fourth-order valence-corrected chi connectivity index (χ4v) is 6.95. The van der Waals surface area contributed by atoms with Gasteiger partial charge in [-0.05, 0) is 52.6 Å². The molecule has 0 saturated carbocycles. The SMILES string of the molecule is COC(=O)c1ccc(C2/C(=C(\O)c3ccc(C)c(F)c3)C(=O)C(=O)N2c2nnc(SCc3cccc4ccccc34)s2)cc1. The maximum atomic E-state index is 14.4. The van der Waals surface area contributed by atoms with E-state index in [1.807, 2.05) is 36.4 Å². The first kappa shape index (κ1) is 29.2. The molecule has 1 aliphatic heterocycles. The van der Waals surface area contributed by atoms with Gasteiger partial charge in [0.2, 0.25) is 5.13 Å². The van der Waals surface area contributed by atoms with E-state index in [1.54, 1.807) is 19.1 Å². The van der Waals surface area contributed by atoms with Crippen LogP contribution in [0.25, 0.3) is 16.5 Å². The van der Waals surface area contributed by atoms with Crippen LogP contribution in [-0.2, 0) is 20.1 Å². The van der Waals surface area contributed by atoms with Gasteiger partial charge in [0, 0.05) is 11.3 Å². The Hall–Kier alpha value is -4.87. The number of thioether (sulfide) groups is 1. The van der Waals surface area contributed by atoms with Crippen LogP contribution in [0.2, 0.25) is 0 Å². The maximum Gasteiger partial charge on any atom is 0.337 e. The molecule has 220 valence electrons. The monoisotopic (exact) mass is 625 g/mol. The van der Waals surface area contributed by atoms with Gasteiger partial charge in [0.1, 0.15) is 11.6 Å². The molecule has 1 aromatic heterocycles. The molecule has 1 amide bonds. The summed E-state index contributed by atoms with van der Waals surface area (Å²) < 4.78 is 19.8. The first-order chi connectivity index (χ1) is 21.3. The molecule has 5 aromatic rings. The molecule has 4 aromatic carbocycles. The van der Waals surface area contributed by atoms with Gasteiger partial charge in [-0.15, -0.1) is 10.2 Å². The number of fused-ring (bicyclic) bond motifs is 1. The van der Waals surface area contributed by atoms with E-state index >= 15 is 0 Å². The van der Waals surface area contributed by atoms with Gasteiger partial charge in [-0.25, -0.2) is 9.18 Å². The number of hydrogen-bond acceptors (Lipinski definition) is 9. The Kier molecular flexibility index (Phi) is 7.98. The van der Waals surface area contributed by atoms with Crippen molar-refractivity contribution >= 4 is 62.4 Å². The van der Waals surface area contributed by atoms with Gasteiger partial charge in [-0.2, -0.15) is 0 Å². The molecule has 1 atom stereocenters. The third-order valence-corrected chi connectivity index (χ3v) is 9.47. The van der Waals surface area contributed by atoms with Crippen molar-refractivity contribution in [2.24, 2.45) is 0 Å². The lowest BCUT2D eigenvalue weighted by Crippen LogP contribution is -2.29. The van der Waals surface area contributed by atoms with Gasteiger partial charge in [0.25, 0.3) is 5.78 Å². The van der Waals surface area contributed by atoms with Crippen LogP contribution in [0.4, 0.5) is 9.52 Å². The van der Waals surface area contributed by atoms with Crippen LogP contribution in [0.5, 0.6) is 0 Å². The number of carbonyl (C=O) groups is 3. The van der Waals surface area contributed by atoms with Crippen LogP contribution in [-0.4, -0.2) is 40.1 Å². The second-order valence-corrected chi connectivity index (χ2v) is 12.2. The third-order valence-electron chi connectivity index (χ3n) is 7.37. The van der Waals surface area contributed by atoms with Gasteiger partial charge in [0.05, 0.1) is 24.3 Å². The van der Waals surface area contributed by atoms with Crippen molar-refractivity contribution in [3.05, 3.63) is 124 Å². The smallest absolute Gasteiger partial charge is 0.337 e. The molecule has 2 heterocycles. The number of methoxy groups -OCH3 is 1. The number of nitrogens with zero attached hydrogens (tertiary/aromatic N) is 3. The number of esters is 1. The minimum absolute atomic E-state index is 0.0471. The van der Waals surface area contributed by atoms with Crippen LogP contribution in [0, 0.1) is 12.7 Å². The highest BCUT2D eigenvalue weighted by molar-refractivity contribution is 8.00. The minimum Gasteiger partial charge on any atom is -0.507 e. The van der Waals surface area contributed by atoms with E-state index in [2.05, 4.69) is 16.3 Å². The van der Waals surface area contributed by atoms with E-state index in [1.165, 1.54) is 48.0 Å². The van der Waals surface area contributed by atoms with E-state index in [0.29, 0.717) is 21.2 Å². The van der Waals surface area contributed by atoms with Crippen molar-refractivity contribution < 1.29 is 28.6 Å². The lowest BCUT2D eigenvalue weighted by molar-refractivity contribution is -0.132. The Morgan fingerprint density at radius 1 is 1.00 bits per heavy atom. The zero-order valence-electron chi connectivity index (χ0n) is 23.5. The number of aliphatic hydroxyl groups is 1. The Labute approximate surface area is 259 Å². The van der Waals surface area contributed by atoms with Crippen LogP contribution < -0.4 is 4.90 Å². The number of hydrogen-bond donors (Lipinski definition) is 1. The summed E-state index contributed by atoms with van der Waals surface area (Å²) in [5.41, 5.74) is 1.97. The van der Waals surface area contributed by atoms with Gasteiger partial charge in [0.15, 0.2) is 4.34 Å². The second-order valence-electron chi connectivity index (χ2n) is 10.0. The van der Waals surface area contributed by atoms with Crippen molar-refractivity contribution in [3.8, 4) is 0 Å².